The number of sulfone groups is 1. The Kier molecular flexibility index (Phi) is 6.25. The summed E-state index contributed by atoms with van der Waals surface area (Å²) in [5.41, 5.74) is 0.962. The molecule has 1 fully saturated rings. The highest BCUT2D eigenvalue weighted by Gasteiger charge is 2.42. The maximum atomic E-state index is 12.6. The molecule has 1 aromatic carbocycles. The highest BCUT2D eigenvalue weighted by Crippen LogP contribution is 2.18. The summed E-state index contributed by atoms with van der Waals surface area (Å²) in [5, 5.41) is 0. The van der Waals surface area contributed by atoms with Gasteiger partial charge in [0, 0.05) is 27.2 Å². The van der Waals surface area contributed by atoms with Gasteiger partial charge < -0.3 is 9.80 Å². The summed E-state index contributed by atoms with van der Waals surface area (Å²) in [6.45, 7) is 3.96. The first-order valence-electron chi connectivity index (χ1n) is 8.70. The lowest BCUT2D eigenvalue weighted by Gasteiger charge is -2.23. The number of imide groups is 1. The lowest BCUT2D eigenvalue weighted by molar-refractivity contribution is -0.136. The van der Waals surface area contributed by atoms with Crippen LogP contribution in [0.25, 0.3) is 0 Å². The van der Waals surface area contributed by atoms with Crippen molar-refractivity contribution >= 4 is 27.7 Å². The van der Waals surface area contributed by atoms with E-state index in [1.54, 1.807) is 31.2 Å². The molecule has 0 aliphatic carbocycles. The molecule has 0 N–H and O–H groups in total. The zero-order valence-corrected chi connectivity index (χ0v) is 16.8. The Morgan fingerprint density at radius 1 is 1.15 bits per heavy atom. The second kappa shape index (κ2) is 8.08. The highest BCUT2D eigenvalue weighted by atomic mass is 32.2. The monoisotopic (exact) mass is 395 g/mol. The molecule has 8 nitrogen and oxygen atoms in total. The van der Waals surface area contributed by atoms with Crippen molar-refractivity contribution < 1.29 is 22.8 Å². The van der Waals surface area contributed by atoms with E-state index in [2.05, 4.69) is 0 Å². The maximum Gasteiger partial charge on any atom is 0.326 e. The molecule has 27 heavy (non-hydrogen) atoms. The third kappa shape index (κ3) is 4.47. The SMILES string of the molecule is CCN(CCS(=O)(=O)c1ccc(C)cc1)C(=O)CC1C(=O)N(C)C(=O)N1C. The van der Waals surface area contributed by atoms with Crippen LogP contribution in [0.15, 0.2) is 29.2 Å². The molecule has 9 heteroatoms. The molecule has 1 aliphatic rings. The van der Waals surface area contributed by atoms with Crippen molar-refractivity contribution in [3.05, 3.63) is 29.8 Å². The Hall–Kier alpha value is -2.42. The Balaban J connectivity index is 2.02. The van der Waals surface area contributed by atoms with Crippen molar-refractivity contribution in [3.8, 4) is 0 Å². The van der Waals surface area contributed by atoms with Gasteiger partial charge in [-0.15, -0.1) is 0 Å². The Morgan fingerprint density at radius 2 is 1.74 bits per heavy atom. The van der Waals surface area contributed by atoms with Crippen LogP contribution in [0, 0.1) is 6.92 Å². The van der Waals surface area contributed by atoms with Crippen LogP contribution in [-0.2, 0) is 19.4 Å². The summed E-state index contributed by atoms with van der Waals surface area (Å²) < 4.78 is 24.9. The fourth-order valence-corrected chi connectivity index (χ4v) is 4.17. The van der Waals surface area contributed by atoms with E-state index in [1.807, 2.05) is 6.92 Å². The minimum absolute atomic E-state index is 0.0277. The first-order chi connectivity index (χ1) is 12.6. The molecular formula is C18H25N3O5S. The summed E-state index contributed by atoms with van der Waals surface area (Å²) in [5.74, 6) is -0.993. The molecule has 0 saturated carbocycles. The van der Waals surface area contributed by atoms with Gasteiger partial charge in [-0.25, -0.2) is 13.2 Å². The van der Waals surface area contributed by atoms with Gasteiger partial charge in [0.2, 0.25) is 5.91 Å². The minimum Gasteiger partial charge on any atom is -0.342 e. The van der Waals surface area contributed by atoms with Gasteiger partial charge in [-0.2, -0.15) is 0 Å². The molecule has 1 saturated heterocycles. The summed E-state index contributed by atoms with van der Waals surface area (Å²) in [6.07, 6.45) is -0.163. The van der Waals surface area contributed by atoms with Crippen LogP contribution in [0.4, 0.5) is 4.79 Å². The lowest BCUT2D eigenvalue weighted by atomic mass is 10.1. The molecule has 1 atom stereocenters. The van der Waals surface area contributed by atoms with E-state index in [0.717, 1.165) is 10.5 Å². The number of hydrogen-bond acceptors (Lipinski definition) is 5. The molecular weight excluding hydrogens is 370 g/mol. The maximum absolute atomic E-state index is 12.6. The Morgan fingerprint density at radius 3 is 2.22 bits per heavy atom. The van der Waals surface area contributed by atoms with Gasteiger partial charge in [0.15, 0.2) is 9.84 Å². The number of rotatable bonds is 7. The number of carbonyl (C=O) groups excluding carboxylic acids is 3. The number of hydrogen-bond donors (Lipinski definition) is 0. The predicted molar refractivity (Wildman–Crippen MR) is 99.8 cm³/mol. The molecule has 1 heterocycles. The van der Waals surface area contributed by atoms with Crippen LogP contribution in [0.5, 0.6) is 0 Å². The number of aryl methyl sites for hydroxylation is 1. The minimum atomic E-state index is -3.52. The average Bonchev–Trinajstić information content (AvgIpc) is 2.80. The average molecular weight is 395 g/mol. The molecule has 0 spiro atoms. The van der Waals surface area contributed by atoms with E-state index in [4.69, 9.17) is 0 Å². The van der Waals surface area contributed by atoms with Crippen molar-refractivity contribution in [3.63, 3.8) is 0 Å². The number of benzene rings is 1. The van der Waals surface area contributed by atoms with Crippen LogP contribution >= 0.6 is 0 Å². The number of urea groups is 1. The third-order valence-corrected chi connectivity index (χ3v) is 6.49. The first kappa shape index (κ1) is 20.9. The molecule has 0 aromatic heterocycles. The van der Waals surface area contributed by atoms with Gasteiger partial charge in [-0.1, -0.05) is 17.7 Å². The highest BCUT2D eigenvalue weighted by molar-refractivity contribution is 7.91. The van der Waals surface area contributed by atoms with Gasteiger partial charge in [0.25, 0.3) is 5.91 Å². The number of likely N-dealkylation sites (N-methyl/N-ethyl adjacent to an activating group) is 2. The Bertz CT molecular complexity index is 835. The van der Waals surface area contributed by atoms with Gasteiger partial charge in [0.1, 0.15) is 6.04 Å². The molecule has 2 rings (SSSR count). The quantitative estimate of drug-likeness (QED) is 0.639. The van der Waals surface area contributed by atoms with E-state index < -0.39 is 27.8 Å². The third-order valence-electron chi connectivity index (χ3n) is 4.78. The fourth-order valence-electron chi connectivity index (χ4n) is 2.93. The zero-order chi connectivity index (χ0) is 20.4. The standard InChI is InChI=1S/C18H25N3O5S/c1-5-21(10-11-27(25,26)14-8-6-13(2)7-9-14)16(22)12-15-17(23)20(4)18(24)19(15)3/h6-9,15H,5,10-12H2,1-4H3. The van der Waals surface area contributed by atoms with Crippen LogP contribution < -0.4 is 0 Å². The van der Waals surface area contributed by atoms with Crippen molar-refractivity contribution in [2.75, 3.05) is 32.9 Å². The molecule has 1 aliphatic heterocycles. The zero-order valence-electron chi connectivity index (χ0n) is 16.0. The molecule has 148 valence electrons. The van der Waals surface area contributed by atoms with E-state index in [1.165, 1.54) is 23.9 Å². The molecule has 1 unspecified atom stereocenters. The van der Waals surface area contributed by atoms with Gasteiger partial charge in [-0.3, -0.25) is 14.5 Å². The van der Waals surface area contributed by atoms with Crippen molar-refractivity contribution in [2.24, 2.45) is 0 Å². The van der Waals surface area contributed by atoms with E-state index >= 15 is 0 Å². The normalized spacial score (nSPS) is 17.6. The molecule has 4 amide bonds. The molecule has 0 radical (unpaired) electrons. The fraction of sp³-hybridized carbons (Fsp3) is 0.500. The van der Waals surface area contributed by atoms with E-state index in [0.29, 0.717) is 6.54 Å². The molecule has 1 aromatic rings. The topological polar surface area (TPSA) is 95.1 Å². The number of nitrogens with zero attached hydrogens (tertiary/aromatic N) is 3. The second-order valence-electron chi connectivity index (χ2n) is 6.62. The number of carbonyl (C=O) groups is 3. The van der Waals surface area contributed by atoms with Crippen molar-refractivity contribution in [2.45, 2.75) is 31.2 Å². The summed E-state index contributed by atoms with van der Waals surface area (Å²) in [7, 11) is -0.671. The summed E-state index contributed by atoms with van der Waals surface area (Å²) in [4.78, 5) is 40.3. The summed E-state index contributed by atoms with van der Waals surface area (Å²) in [6, 6.07) is 5.25. The molecule has 0 bridgehead atoms. The van der Waals surface area contributed by atoms with Gasteiger partial charge >= 0.3 is 6.03 Å². The van der Waals surface area contributed by atoms with Gasteiger partial charge in [0.05, 0.1) is 17.1 Å². The van der Waals surface area contributed by atoms with Crippen LogP contribution in [0.1, 0.15) is 18.9 Å². The number of amides is 4. The second-order valence-corrected chi connectivity index (χ2v) is 8.73. The van der Waals surface area contributed by atoms with Crippen molar-refractivity contribution in [1.82, 2.24) is 14.7 Å². The first-order valence-corrected chi connectivity index (χ1v) is 10.3. The van der Waals surface area contributed by atoms with Gasteiger partial charge in [-0.05, 0) is 26.0 Å². The smallest absolute Gasteiger partial charge is 0.326 e. The van der Waals surface area contributed by atoms with Crippen LogP contribution in [0.3, 0.4) is 0 Å². The van der Waals surface area contributed by atoms with E-state index in [9.17, 15) is 22.8 Å². The predicted octanol–water partition coefficient (Wildman–Crippen LogP) is 0.900. The van der Waals surface area contributed by atoms with Crippen LogP contribution in [0.2, 0.25) is 0 Å². The van der Waals surface area contributed by atoms with Crippen LogP contribution in [-0.4, -0.2) is 79.9 Å². The largest absolute Gasteiger partial charge is 0.342 e. The van der Waals surface area contributed by atoms with E-state index in [-0.39, 0.29) is 29.5 Å². The Labute approximate surface area is 159 Å². The summed E-state index contributed by atoms with van der Waals surface area (Å²) >= 11 is 0. The van der Waals surface area contributed by atoms with Crippen molar-refractivity contribution in [1.29, 1.82) is 0 Å². The lowest BCUT2D eigenvalue weighted by Crippen LogP contribution is -2.41.